The second-order valence-electron chi connectivity index (χ2n) is 8.33. The van der Waals surface area contributed by atoms with E-state index in [2.05, 4.69) is 31.4 Å². The van der Waals surface area contributed by atoms with E-state index in [1.54, 1.807) is 0 Å². The predicted molar refractivity (Wildman–Crippen MR) is 102 cm³/mol. The lowest BCUT2D eigenvalue weighted by atomic mass is 9.46. The molecule has 2 saturated carbocycles. The summed E-state index contributed by atoms with van der Waals surface area (Å²) >= 11 is 0. The van der Waals surface area contributed by atoms with Gasteiger partial charge in [-0.15, -0.1) is 0 Å². The van der Waals surface area contributed by atoms with Crippen molar-refractivity contribution in [2.24, 2.45) is 21.7 Å². The Bertz CT molecular complexity index is 472. The molecule has 0 aromatic rings. The molecule has 3 N–H and O–H groups in total. The Labute approximate surface area is 153 Å². The van der Waals surface area contributed by atoms with Gasteiger partial charge in [-0.3, -0.25) is 4.99 Å². The summed E-state index contributed by atoms with van der Waals surface area (Å²) in [6.45, 7) is 9.37. The number of rotatable bonds is 8. The number of nitrogens with zero attached hydrogens (tertiary/aromatic N) is 1. The maximum absolute atomic E-state index is 9.44. The maximum Gasteiger partial charge on any atom is 0.191 e. The molecule has 25 heavy (non-hydrogen) atoms. The number of guanidine groups is 1. The highest BCUT2D eigenvalue weighted by atomic mass is 16.5. The van der Waals surface area contributed by atoms with Crippen molar-refractivity contribution >= 4 is 5.96 Å². The molecule has 1 saturated heterocycles. The highest BCUT2D eigenvalue weighted by Crippen LogP contribution is 2.62. The van der Waals surface area contributed by atoms with Crippen molar-refractivity contribution in [3.63, 3.8) is 0 Å². The second-order valence-corrected chi connectivity index (χ2v) is 8.33. The molecule has 3 atom stereocenters. The highest BCUT2D eigenvalue weighted by molar-refractivity contribution is 5.80. The van der Waals surface area contributed by atoms with Crippen molar-refractivity contribution in [3.05, 3.63) is 0 Å². The van der Waals surface area contributed by atoms with Crippen molar-refractivity contribution in [1.82, 2.24) is 10.6 Å². The smallest absolute Gasteiger partial charge is 0.191 e. The molecule has 0 bridgehead atoms. The van der Waals surface area contributed by atoms with Crippen LogP contribution in [0.5, 0.6) is 0 Å². The summed E-state index contributed by atoms with van der Waals surface area (Å²) in [4.78, 5) is 4.95. The Balaban J connectivity index is 1.68. The van der Waals surface area contributed by atoms with E-state index in [0.29, 0.717) is 23.5 Å². The standard InChI is InChI=1S/C20H37N3O2/c1-4-19(5-2,11-12-24)14-22-18(21-6-3)23-16-15-8-13-25-17(15)20(16)9-7-10-20/h15-17,24H,4-14H2,1-3H3,(H2,21,22,23). The Morgan fingerprint density at radius 1 is 1.28 bits per heavy atom. The number of nitrogens with one attached hydrogen (secondary N) is 2. The van der Waals surface area contributed by atoms with Crippen LogP contribution in [0.4, 0.5) is 0 Å². The molecule has 1 aliphatic heterocycles. The van der Waals surface area contributed by atoms with E-state index in [4.69, 9.17) is 9.73 Å². The summed E-state index contributed by atoms with van der Waals surface area (Å²) in [6, 6.07) is 0.516. The van der Waals surface area contributed by atoms with E-state index >= 15 is 0 Å². The minimum Gasteiger partial charge on any atom is -0.396 e. The Morgan fingerprint density at radius 3 is 2.60 bits per heavy atom. The molecule has 3 rings (SSSR count). The van der Waals surface area contributed by atoms with Crippen molar-refractivity contribution in [2.75, 3.05) is 26.3 Å². The molecule has 0 amide bonds. The van der Waals surface area contributed by atoms with Crippen LogP contribution in [0, 0.1) is 16.7 Å². The molecule has 1 heterocycles. The van der Waals surface area contributed by atoms with E-state index < -0.39 is 0 Å². The third kappa shape index (κ3) is 3.30. The molecule has 1 spiro atoms. The van der Waals surface area contributed by atoms with Gasteiger partial charge in [0.1, 0.15) is 0 Å². The fourth-order valence-electron chi connectivity index (χ4n) is 5.31. The zero-order valence-electron chi connectivity index (χ0n) is 16.3. The fraction of sp³-hybridized carbons (Fsp3) is 0.950. The van der Waals surface area contributed by atoms with Crippen LogP contribution in [0.25, 0.3) is 0 Å². The molecule has 144 valence electrons. The van der Waals surface area contributed by atoms with Crippen LogP contribution < -0.4 is 10.6 Å². The first-order chi connectivity index (χ1) is 12.1. The lowest BCUT2D eigenvalue weighted by molar-refractivity contribution is -0.171. The second kappa shape index (κ2) is 7.83. The van der Waals surface area contributed by atoms with Crippen LogP contribution in [-0.4, -0.2) is 49.5 Å². The van der Waals surface area contributed by atoms with Gasteiger partial charge < -0.3 is 20.5 Å². The molecule has 3 aliphatic rings. The first-order valence-electron chi connectivity index (χ1n) is 10.4. The molecule has 0 aromatic carbocycles. The number of hydrogen-bond acceptors (Lipinski definition) is 3. The summed E-state index contributed by atoms with van der Waals surface area (Å²) in [5.74, 6) is 1.61. The van der Waals surface area contributed by atoms with Gasteiger partial charge in [0.25, 0.3) is 0 Å². The van der Waals surface area contributed by atoms with Crippen LogP contribution in [0.15, 0.2) is 4.99 Å². The SMILES string of the molecule is CCNC(=NCC(CC)(CC)CCO)NC1C2CCOC2C12CCC2. The first-order valence-corrected chi connectivity index (χ1v) is 10.4. The first kappa shape index (κ1) is 19.0. The lowest BCUT2D eigenvalue weighted by Gasteiger charge is -2.63. The lowest BCUT2D eigenvalue weighted by Crippen LogP contribution is -2.72. The van der Waals surface area contributed by atoms with Crippen molar-refractivity contribution in [1.29, 1.82) is 0 Å². The molecule has 3 fully saturated rings. The van der Waals surface area contributed by atoms with Gasteiger partial charge in [-0.2, -0.15) is 0 Å². The molecular weight excluding hydrogens is 314 g/mol. The van der Waals surface area contributed by atoms with Gasteiger partial charge in [0.05, 0.1) is 6.10 Å². The Hall–Kier alpha value is -0.810. The van der Waals surface area contributed by atoms with Crippen LogP contribution in [0.3, 0.4) is 0 Å². The van der Waals surface area contributed by atoms with Gasteiger partial charge in [0.2, 0.25) is 0 Å². The van der Waals surface area contributed by atoms with E-state index in [0.717, 1.165) is 44.9 Å². The molecule has 0 radical (unpaired) electrons. The van der Waals surface area contributed by atoms with Gasteiger partial charge in [0.15, 0.2) is 5.96 Å². The summed E-state index contributed by atoms with van der Waals surface area (Å²) in [7, 11) is 0. The molecule has 3 unspecified atom stereocenters. The van der Waals surface area contributed by atoms with Crippen molar-refractivity contribution < 1.29 is 9.84 Å². The van der Waals surface area contributed by atoms with Gasteiger partial charge in [-0.25, -0.2) is 0 Å². The fourth-order valence-corrected chi connectivity index (χ4v) is 5.31. The predicted octanol–water partition coefficient (Wildman–Crippen LogP) is 2.69. The van der Waals surface area contributed by atoms with Gasteiger partial charge >= 0.3 is 0 Å². The Morgan fingerprint density at radius 2 is 2.04 bits per heavy atom. The largest absolute Gasteiger partial charge is 0.396 e. The van der Waals surface area contributed by atoms with Gasteiger partial charge in [-0.1, -0.05) is 20.3 Å². The zero-order chi connectivity index (χ0) is 17.9. The summed E-state index contributed by atoms with van der Waals surface area (Å²) in [6.07, 6.45) is 8.53. The third-order valence-corrected chi connectivity index (χ3v) is 7.39. The quantitative estimate of drug-likeness (QED) is 0.465. The number of aliphatic hydroxyl groups excluding tert-OH is 1. The van der Waals surface area contributed by atoms with Crippen molar-refractivity contribution in [2.45, 2.75) is 77.9 Å². The molecule has 0 aromatic heterocycles. The van der Waals surface area contributed by atoms with E-state index in [9.17, 15) is 5.11 Å². The summed E-state index contributed by atoms with van der Waals surface area (Å²) in [5, 5.41) is 16.7. The van der Waals surface area contributed by atoms with E-state index in [1.807, 2.05) is 0 Å². The Kier molecular flexibility index (Phi) is 5.94. The molecule has 5 heteroatoms. The number of ether oxygens (including phenoxy) is 1. The molecule has 5 nitrogen and oxygen atoms in total. The van der Waals surface area contributed by atoms with Crippen molar-refractivity contribution in [3.8, 4) is 0 Å². The average molecular weight is 352 g/mol. The van der Waals surface area contributed by atoms with Crippen LogP contribution in [-0.2, 0) is 4.74 Å². The van der Waals surface area contributed by atoms with Gasteiger partial charge in [-0.05, 0) is 50.9 Å². The van der Waals surface area contributed by atoms with E-state index in [1.165, 1.54) is 25.7 Å². The van der Waals surface area contributed by atoms with Crippen LogP contribution in [0.1, 0.15) is 65.7 Å². The summed E-state index contributed by atoms with van der Waals surface area (Å²) < 4.78 is 6.03. The average Bonchev–Trinajstić information content (AvgIpc) is 3.00. The van der Waals surface area contributed by atoms with Crippen LogP contribution in [0.2, 0.25) is 0 Å². The highest BCUT2D eigenvalue weighted by Gasteiger charge is 2.66. The van der Waals surface area contributed by atoms with Crippen LogP contribution >= 0.6 is 0 Å². The van der Waals surface area contributed by atoms with Gasteiger partial charge in [0, 0.05) is 43.7 Å². The zero-order valence-corrected chi connectivity index (χ0v) is 16.3. The minimum absolute atomic E-state index is 0.115. The van der Waals surface area contributed by atoms with E-state index in [-0.39, 0.29) is 12.0 Å². The molecule has 2 aliphatic carbocycles. The number of aliphatic imine (C=N–C) groups is 1. The third-order valence-electron chi connectivity index (χ3n) is 7.39. The summed E-state index contributed by atoms with van der Waals surface area (Å²) in [5.41, 5.74) is 0.485. The maximum atomic E-state index is 9.44. The normalized spacial score (nSPS) is 30.6. The number of hydrogen-bond donors (Lipinski definition) is 3. The number of fused-ring (bicyclic) bond motifs is 2. The molecular formula is C20H37N3O2. The number of aliphatic hydroxyl groups is 1. The topological polar surface area (TPSA) is 65.9 Å². The monoisotopic (exact) mass is 351 g/mol. The minimum atomic E-state index is 0.115.